The van der Waals surface area contributed by atoms with Gasteiger partial charge in [0.1, 0.15) is 5.75 Å². The normalized spacial score (nSPS) is 10.5. The number of aromatic nitrogens is 3. The molecule has 0 aliphatic rings. The van der Waals surface area contributed by atoms with Crippen molar-refractivity contribution in [2.45, 2.75) is 19.3 Å². The lowest BCUT2D eigenvalue weighted by Gasteiger charge is -2.05. The Labute approximate surface area is 151 Å². The first-order chi connectivity index (χ1) is 12.7. The lowest BCUT2D eigenvalue weighted by molar-refractivity contribution is -0.121. The quantitative estimate of drug-likeness (QED) is 0.670. The summed E-state index contributed by atoms with van der Waals surface area (Å²) in [6.07, 6.45) is 4.81. The molecule has 0 aliphatic heterocycles. The number of nitrogens with zero attached hydrogens (tertiary/aromatic N) is 3. The monoisotopic (exact) mass is 352 g/mol. The molecule has 0 saturated carbocycles. The second-order valence-electron chi connectivity index (χ2n) is 5.69. The average Bonchev–Trinajstić information content (AvgIpc) is 3.17. The van der Waals surface area contributed by atoms with E-state index in [9.17, 15) is 4.79 Å². The third-order valence-electron chi connectivity index (χ3n) is 3.84. The lowest BCUT2D eigenvalue weighted by Crippen LogP contribution is -2.25. The number of carbonyl (C=O) groups excluding carboxylic acids is 1. The van der Waals surface area contributed by atoms with Gasteiger partial charge in [0.25, 0.3) is 0 Å². The Kier molecular flexibility index (Phi) is 5.92. The standard InChI is InChI=1S/C19H20N4O3/c1-25-16-6-4-14(5-7-16)10-12-21-17(24)8-9-18-22-23-19(26-18)15-3-2-11-20-13-15/h2-7,11,13H,8-10,12H2,1H3,(H,21,24). The van der Waals surface area contributed by atoms with E-state index >= 15 is 0 Å². The van der Waals surface area contributed by atoms with E-state index in [2.05, 4.69) is 20.5 Å². The molecule has 0 saturated heterocycles. The third-order valence-corrected chi connectivity index (χ3v) is 3.84. The summed E-state index contributed by atoms with van der Waals surface area (Å²) >= 11 is 0. The van der Waals surface area contributed by atoms with Gasteiger partial charge < -0.3 is 14.5 Å². The zero-order valence-electron chi connectivity index (χ0n) is 14.5. The van der Waals surface area contributed by atoms with Crippen molar-refractivity contribution < 1.29 is 13.9 Å². The van der Waals surface area contributed by atoms with Gasteiger partial charge in [-0.2, -0.15) is 0 Å². The topological polar surface area (TPSA) is 90.1 Å². The fraction of sp³-hybridized carbons (Fsp3) is 0.263. The summed E-state index contributed by atoms with van der Waals surface area (Å²) in [4.78, 5) is 16.0. The first-order valence-electron chi connectivity index (χ1n) is 8.37. The highest BCUT2D eigenvalue weighted by molar-refractivity contribution is 5.76. The molecule has 0 bridgehead atoms. The molecule has 1 aromatic carbocycles. The molecule has 134 valence electrons. The van der Waals surface area contributed by atoms with Crippen LogP contribution in [0.4, 0.5) is 0 Å². The van der Waals surface area contributed by atoms with Crippen LogP contribution < -0.4 is 10.1 Å². The van der Waals surface area contributed by atoms with E-state index in [4.69, 9.17) is 9.15 Å². The molecule has 1 N–H and O–H groups in total. The number of nitrogens with one attached hydrogen (secondary N) is 1. The number of hydrogen-bond acceptors (Lipinski definition) is 6. The molecule has 0 unspecified atom stereocenters. The maximum absolute atomic E-state index is 12.0. The number of aryl methyl sites for hydroxylation is 1. The number of pyridine rings is 1. The van der Waals surface area contributed by atoms with Gasteiger partial charge in [0.05, 0.1) is 12.7 Å². The molecule has 2 aromatic heterocycles. The van der Waals surface area contributed by atoms with Gasteiger partial charge in [0.2, 0.25) is 17.7 Å². The maximum Gasteiger partial charge on any atom is 0.249 e. The molecule has 3 rings (SSSR count). The molecule has 0 spiro atoms. The Bertz CT molecular complexity index is 832. The van der Waals surface area contributed by atoms with Gasteiger partial charge in [0.15, 0.2) is 0 Å². The first-order valence-corrected chi connectivity index (χ1v) is 8.37. The van der Waals surface area contributed by atoms with Crippen LogP contribution in [-0.2, 0) is 17.6 Å². The summed E-state index contributed by atoms with van der Waals surface area (Å²) in [5, 5.41) is 10.9. The second-order valence-corrected chi connectivity index (χ2v) is 5.69. The van der Waals surface area contributed by atoms with Crippen LogP contribution in [0.2, 0.25) is 0 Å². The predicted octanol–water partition coefficient (Wildman–Crippen LogP) is 2.43. The summed E-state index contributed by atoms with van der Waals surface area (Å²) in [6, 6.07) is 11.4. The fourth-order valence-corrected chi connectivity index (χ4v) is 2.41. The number of methoxy groups -OCH3 is 1. The molecule has 1 amide bonds. The number of carbonyl (C=O) groups is 1. The van der Waals surface area contributed by atoms with Gasteiger partial charge in [0, 0.05) is 31.8 Å². The van der Waals surface area contributed by atoms with Crippen molar-refractivity contribution in [3.63, 3.8) is 0 Å². The van der Waals surface area contributed by atoms with E-state index in [0.717, 1.165) is 23.3 Å². The molecule has 0 atom stereocenters. The van der Waals surface area contributed by atoms with Crippen molar-refractivity contribution in [1.82, 2.24) is 20.5 Å². The van der Waals surface area contributed by atoms with E-state index in [1.165, 1.54) is 0 Å². The van der Waals surface area contributed by atoms with Crippen LogP contribution in [0.3, 0.4) is 0 Å². The van der Waals surface area contributed by atoms with E-state index < -0.39 is 0 Å². The predicted molar refractivity (Wildman–Crippen MR) is 95.6 cm³/mol. The molecule has 0 aliphatic carbocycles. The van der Waals surface area contributed by atoms with Gasteiger partial charge in [-0.15, -0.1) is 10.2 Å². The van der Waals surface area contributed by atoms with Gasteiger partial charge >= 0.3 is 0 Å². The minimum absolute atomic E-state index is 0.0420. The van der Waals surface area contributed by atoms with Gasteiger partial charge in [-0.1, -0.05) is 12.1 Å². The molecule has 26 heavy (non-hydrogen) atoms. The number of benzene rings is 1. The SMILES string of the molecule is COc1ccc(CCNC(=O)CCc2nnc(-c3cccnc3)o2)cc1. The zero-order chi connectivity index (χ0) is 18.2. The largest absolute Gasteiger partial charge is 0.497 e. The third kappa shape index (κ3) is 4.89. The number of ether oxygens (including phenoxy) is 1. The Morgan fingerprint density at radius 1 is 1.15 bits per heavy atom. The van der Waals surface area contributed by atoms with Crippen LogP contribution in [0.25, 0.3) is 11.5 Å². The smallest absolute Gasteiger partial charge is 0.249 e. The molecule has 0 fully saturated rings. The second kappa shape index (κ2) is 8.75. The number of hydrogen-bond donors (Lipinski definition) is 1. The maximum atomic E-state index is 12.0. The van der Waals surface area contributed by atoms with Gasteiger partial charge in [-0.25, -0.2) is 0 Å². The van der Waals surface area contributed by atoms with E-state index in [0.29, 0.717) is 31.2 Å². The van der Waals surface area contributed by atoms with Crippen molar-refractivity contribution >= 4 is 5.91 Å². The van der Waals surface area contributed by atoms with E-state index in [1.54, 1.807) is 25.6 Å². The minimum atomic E-state index is -0.0420. The molecule has 0 radical (unpaired) electrons. The molecule has 7 heteroatoms. The summed E-state index contributed by atoms with van der Waals surface area (Å²) in [5.41, 5.74) is 1.90. The molecule has 3 aromatic rings. The van der Waals surface area contributed by atoms with E-state index in [1.807, 2.05) is 30.3 Å². The summed E-state index contributed by atoms with van der Waals surface area (Å²) < 4.78 is 10.7. The lowest BCUT2D eigenvalue weighted by atomic mass is 10.1. The first kappa shape index (κ1) is 17.6. The van der Waals surface area contributed by atoms with Crippen LogP contribution in [0.15, 0.2) is 53.2 Å². The highest BCUT2D eigenvalue weighted by Gasteiger charge is 2.10. The summed E-state index contributed by atoms with van der Waals surface area (Å²) in [7, 11) is 1.64. The van der Waals surface area contributed by atoms with Crippen LogP contribution in [0.1, 0.15) is 17.9 Å². The van der Waals surface area contributed by atoms with E-state index in [-0.39, 0.29) is 5.91 Å². The zero-order valence-corrected chi connectivity index (χ0v) is 14.5. The molecule has 2 heterocycles. The van der Waals surface area contributed by atoms with Crippen molar-refractivity contribution in [1.29, 1.82) is 0 Å². The molecule has 7 nitrogen and oxygen atoms in total. The van der Waals surface area contributed by atoms with Crippen molar-refractivity contribution in [2.24, 2.45) is 0 Å². The van der Waals surface area contributed by atoms with Crippen molar-refractivity contribution in [2.75, 3.05) is 13.7 Å². The minimum Gasteiger partial charge on any atom is -0.497 e. The van der Waals surface area contributed by atoms with Gasteiger partial charge in [-0.3, -0.25) is 9.78 Å². The Hall–Kier alpha value is -3.22. The van der Waals surface area contributed by atoms with Crippen molar-refractivity contribution in [3.8, 4) is 17.2 Å². The molecular weight excluding hydrogens is 332 g/mol. The van der Waals surface area contributed by atoms with Crippen molar-refractivity contribution in [3.05, 3.63) is 60.2 Å². The van der Waals surface area contributed by atoms with Gasteiger partial charge in [-0.05, 0) is 36.2 Å². The van der Waals surface area contributed by atoms with Crippen LogP contribution in [-0.4, -0.2) is 34.7 Å². The Morgan fingerprint density at radius 3 is 2.73 bits per heavy atom. The summed E-state index contributed by atoms with van der Waals surface area (Å²) in [5.74, 6) is 1.63. The fourth-order valence-electron chi connectivity index (χ4n) is 2.41. The highest BCUT2D eigenvalue weighted by atomic mass is 16.5. The van der Waals surface area contributed by atoms with Crippen LogP contribution in [0, 0.1) is 0 Å². The van der Waals surface area contributed by atoms with Crippen LogP contribution >= 0.6 is 0 Å². The Balaban J connectivity index is 1.40. The average molecular weight is 352 g/mol. The highest BCUT2D eigenvalue weighted by Crippen LogP contribution is 2.16. The molecular formula is C19H20N4O3. The van der Waals surface area contributed by atoms with Crippen LogP contribution in [0.5, 0.6) is 5.75 Å². The Morgan fingerprint density at radius 2 is 2.00 bits per heavy atom. The number of amides is 1. The number of rotatable bonds is 8. The summed E-state index contributed by atoms with van der Waals surface area (Å²) in [6.45, 7) is 0.579.